The number of benzene rings is 2. The van der Waals surface area contributed by atoms with E-state index in [9.17, 15) is 29.2 Å². The van der Waals surface area contributed by atoms with E-state index in [1.54, 1.807) is 32.1 Å². The fourth-order valence-corrected chi connectivity index (χ4v) is 5.28. The van der Waals surface area contributed by atoms with Crippen LogP contribution in [0.1, 0.15) is 38.3 Å². The van der Waals surface area contributed by atoms with Gasteiger partial charge in [-0.2, -0.15) is 0 Å². The second-order valence-corrected chi connectivity index (χ2v) is 12.4. The van der Waals surface area contributed by atoms with Crippen molar-refractivity contribution >= 4 is 35.7 Å². The minimum atomic E-state index is -1.14. The van der Waals surface area contributed by atoms with Crippen molar-refractivity contribution in [1.82, 2.24) is 26.2 Å². The van der Waals surface area contributed by atoms with Crippen LogP contribution in [-0.4, -0.2) is 90.1 Å². The predicted molar refractivity (Wildman–Crippen MR) is 170 cm³/mol. The highest BCUT2D eigenvalue weighted by Gasteiger charge is 2.46. The van der Waals surface area contributed by atoms with Crippen LogP contribution in [0.4, 0.5) is 4.79 Å². The Morgan fingerprint density at radius 1 is 1.02 bits per heavy atom. The summed E-state index contributed by atoms with van der Waals surface area (Å²) in [7, 11) is 2.57. The number of nitrogens with one attached hydrogen (secondary N) is 4. The molecule has 6 amide bonds. The number of imide groups is 1. The Kier molecular flexibility index (Phi) is 10.8. The molecule has 0 aliphatic carbocycles. The number of hydrogen-bond acceptors (Lipinski definition) is 7. The van der Waals surface area contributed by atoms with Gasteiger partial charge in [0.25, 0.3) is 5.91 Å². The minimum Gasteiger partial charge on any atom is -0.633 e. The van der Waals surface area contributed by atoms with Gasteiger partial charge in [-0.05, 0) is 42.2 Å². The summed E-state index contributed by atoms with van der Waals surface area (Å²) in [6.45, 7) is 4.98. The van der Waals surface area contributed by atoms with E-state index in [2.05, 4.69) is 21.3 Å². The summed E-state index contributed by atoms with van der Waals surface area (Å²) in [5, 5.41) is 22.5. The van der Waals surface area contributed by atoms with Crippen molar-refractivity contribution in [2.45, 2.75) is 63.9 Å². The molecule has 0 unspecified atom stereocenters. The van der Waals surface area contributed by atoms with Gasteiger partial charge in [0, 0.05) is 25.6 Å². The third-order valence-electron chi connectivity index (χ3n) is 8.25. The van der Waals surface area contributed by atoms with Crippen LogP contribution in [0.25, 0.3) is 6.08 Å². The molecule has 0 spiro atoms. The van der Waals surface area contributed by atoms with E-state index in [1.165, 1.54) is 32.1 Å². The molecule has 46 heavy (non-hydrogen) atoms. The molecule has 13 nitrogen and oxygen atoms in total. The van der Waals surface area contributed by atoms with E-state index in [0.717, 1.165) is 11.1 Å². The fraction of sp³-hybridized carbons (Fsp3) is 0.424. The van der Waals surface area contributed by atoms with Crippen LogP contribution in [0.3, 0.4) is 0 Å². The first kappa shape index (κ1) is 34.1. The standard InChI is InChI=1S/C33H42N6O7/c1-20(2)27(36-33(44)37-29(40)21(3)39(4,5)45)32(43)38-18-16-26-28(38)31(42)35-25(19-23-9-7-6-8-10-23)30(41)34-17-15-22-11-13-24(46-26)14-12-22/h6-15,17,20-21,25-28H,16,18-19H2,1-5H3,(H,34,41)(H,35,42)(H2,36,37,40,44)/b17-15-/t21-,25-,26-,27-,28-/m0/s1. The van der Waals surface area contributed by atoms with Gasteiger partial charge in [0.05, 0.1) is 14.1 Å². The molecule has 2 bridgehead atoms. The molecule has 3 aliphatic rings. The number of ether oxygens (including phenoxy) is 1. The summed E-state index contributed by atoms with van der Waals surface area (Å²) in [5.41, 5.74) is 1.65. The first-order valence-electron chi connectivity index (χ1n) is 15.3. The van der Waals surface area contributed by atoms with Crippen molar-refractivity contribution in [2.75, 3.05) is 20.6 Å². The number of nitrogens with zero attached hydrogens (tertiary/aromatic N) is 2. The van der Waals surface area contributed by atoms with Gasteiger partial charge in [0.1, 0.15) is 30.0 Å². The number of likely N-dealkylation sites (tertiary alicyclic amines) is 1. The van der Waals surface area contributed by atoms with Gasteiger partial charge >= 0.3 is 6.03 Å². The second kappa shape index (κ2) is 14.6. The second-order valence-electron chi connectivity index (χ2n) is 12.4. The highest BCUT2D eigenvalue weighted by atomic mass is 16.5. The van der Waals surface area contributed by atoms with Gasteiger partial charge in [0.15, 0.2) is 6.04 Å². The maximum absolute atomic E-state index is 14.1. The Morgan fingerprint density at radius 2 is 1.70 bits per heavy atom. The molecule has 1 saturated heterocycles. The Balaban J connectivity index is 1.61. The molecule has 0 radical (unpaired) electrons. The first-order valence-corrected chi connectivity index (χ1v) is 15.3. The molecule has 2 aromatic rings. The Labute approximate surface area is 268 Å². The molecule has 2 aromatic carbocycles. The lowest BCUT2D eigenvalue weighted by atomic mass is 10.0. The summed E-state index contributed by atoms with van der Waals surface area (Å²) in [5.74, 6) is -2.31. The van der Waals surface area contributed by atoms with Crippen molar-refractivity contribution in [2.24, 2.45) is 5.92 Å². The average molecular weight is 635 g/mol. The predicted octanol–water partition coefficient (Wildman–Crippen LogP) is 1.68. The van der Waals surface area contributed by atoms with Crippen LogP contribution in [0, 0.1) is 11.1 Å². The molecule has 3 aliphatic heterocycles. The van der Waals surface area contributed by atoms with Crippen molar-refractivity contribution in [3.8, 4) is 5.75 Å². The van der Waals surface area contributed by atoms with Crippen LogP contribution < -0.4 is 26.0 Å². The lowest BCUT2D eigenvalue weighted by molar-refractivity contribution is -0.854. The van der Waals surface area contributed by atoms with Gasteiger partial charge in [-0.25, -0.2) is 4.79 Å². The van der Waals surface area contributed by atoms with Crippen LogP contribution in [0.5, 0.6) is 5.75 Å². The van der Waals surface area contributed by atoms with E-state index in [4.69, 9.17) is 4.74 Å². The van der Waals surface area contributed by atoms with Crippen LogP contribution >= 0.6 is 0 Å². The van der Waals surface area contributed by atoms with Crippen LogP contribution in [0.15, 0.2) is 60.8 Å². The number of hydroxylamine groups is 3. The van der Waals surface area contributed by atoms with E-state index >= 15 is 0 Å². The summed E-state index contributed by atoms with van der Waals surface area (Å²) in [6.07, 6.45) is 3.00. The zero-order chi connectivity index (χ0) is 33.6. The van der Waals surface area contributed by atoms with Crippen molar-refractivity contribution in [3.05, 3.63) is 77.1 Å². The lowest BCUT2D eigenvalue weighted by Gasteiger charge is -2.38. The number of carbonyl (C=O) groups is 5. The van der Waals surface area contributed by atoms with Gasteiger partial charge in [-0.1, -0.05) is 56.3 Å². The molecular formula is C33H42N6O7. The molecular weight excluding hydrogens is 592 g/mol. The van der Waals surface area contributed by atoms with E-state index in [0.29, 0.717) is 12.2 Å². The zero-order valence-electron chi connectivity index (χ0n) is 26.7. The number of fused-ring (bicyclic) bond motifs is 7. The van der Waals surface area contributed by atoms with E-state index in [-0.39, 0.29) is 13.0 Å². The van der Waals surface area contributed by atoms with Gasteiger partial charge in [0.2, 0.25) is 17.7 Å². The van der Waals surface area contributed by atoms with Gasteiger partial charge in [-0.15, -0.1) is 0 Å². The number of rotatable bonds is 7. The number of carbonyl (C=O) groups excluding carboxylic acids is 5. The topological polar surface area (TPSA) is 169 Å². The summed E-state index contributed by atoms with van der Waals surface area (Å²) in [4.78, 5) is 68.1. The highest BCUT2D eigenvalue weighted by molar-refractivity contribution is 5.99. The highest BCUT2D eigenvalue weighted by Crippen LogP contribution is 2.27. The van der Waals surface area contributed by atoms with E-state index in [1.807, 2.05) is 42.5 Å². The van der Waals surface area contributed by atoms with Gasteiger partial charge < -0.3 is 35.4 Å². The molecule has 0 saturated carbocycles. The number of amides is 6. The first-order chi connectivity index (χ1) is 21.7. The summed E-state index contributed by atoms with van der Waals surface area (Å²) < 4.78 is 5.30. The van der Waals surface area contributed by atoms with Crippen LogP contribution in [0.2, 0.25) is 0 Å². The molecule has 5 rings (SSSR count). The number of quaternary nitrogens is 1. The minimum absolute atomic E-state index is 0.140. The molecule has 3 heterocycles. The molecule has 13 heteroatoms. The molecule has 0 aromatic heterocycles. The van der Waals surface area contributed by atoms with E-state index < -0.39 is 70.5 Å². The summed E-state index contributed by atoms with van der Waals surface area (Å²) >= 11 is 0. The third kappa shape index (κ3) is 8.49. The molecule has 1 fully saturated rings. The smallest absolute Gasteiger partial charge is 0.322 e. The molecule has 246 valence electrons. The van der Waals surface area contributed by atoms with Gasteiger partial charge in [-0.3, -0.25) is 24.5 Å². The van der Waals surface area contributed by atoms with Crippen molar-refractivity contribution in [3.63, 3.8) is 0 Å². The molecule has 4 N–H and O–H groups in total. The third-order valence-corrected chi connectivity index (χ3v) is 8.25. The molecule has 5 atom stereocenters. The number of urea groups is 1. The SMILES string of the molecule is CC(C)[C@H](NC(=O)NC(=O)[C@H](C)[N+](C)(C)[O-])C(=O)N1CC[C@@H]2Oc3ccc(cc3)/C=C\NC(=O)[C@H](Cc3ccccc3)NC(=O)[C@H]21. The summed E-state index contributed by atoms with van der Waals surface area (Å²) in [6, 6.07) is 11.1. The quantitative estimate of drug-likeness (QED) is 0.265. The normalized spacial score (nSPS) is 22.0. The van der Waals surface area contributed by atoms with Crippen LogP contribution in [-0.2, 0) is 25.6 Å². The lowest BCUT2D eigenvalue weighted by Crippen LogP contribution is -2.61. The maximum Gasteiger partial charge on any atom is 0.322 e. The average Bonchev–Trinajstić information content (AvgIpc) is 3.42. The van der Waals surface area contributed by atoms with Crippen molar-refractivity contribution < 1.29 is 33.4 Å². The van der Waals surface area contributed by atoms with Crippen molar-refractivity contribution in [1.29, 1.82) is 0 Å². The zero-order valence-corrected chi connectivity index (χ0v) is 26.7. The Hall–Kier alpha value is -4.75. The Morgan fingerprint density at radius 3 is 2.33 bits per heavy atom. The Bertz CT molecular complexity index is 1460. The number of likely N-dealkylation sites (N-methyl/N-ethyl adjacent to an activating group) is 1. The largest absolute Gasteiger partial charge is 0.633 e. The monoisotopic (exact) mass is 634 g/mol. The maximum atomic E-state index is 14.1. The number of hydrogen-bond donors (Lipinski definition) is 4. The fourth-order valence-electron chi connectivity index (χ4n) is 5.28.